The number of fused-ring (bicyclic) bond motifs is 3. The summed E-state index contributed by atoms with van der Waals surface area (Å²) >= 11 is 0. The van der Waals surface area contributed by atoms with E-state index >= 15 is 0 Å². The molecule has 0 aliphatic carbocycles. The predicted molar refractivity (Wildman–Crippen MR) is 135 cm³/mol. The monoisotopic (exact) mass is 394 g/mol. The summed E-state index contributed by atoms with van der Waals surface area (Å²) in [5, 5.41) is 7.79. The van der Waals surface area contributed by atoms with Crippen molar-refractivity contribution in [3.63, 3.8) is 0 Å². The highest BCUT2D eigenvalue weighted by molar-refractivity contribution is 6.23. The highest BCUT2D eigenvalue weighted by Crippen LogP contribution is 2.45. The zero-order valence-electron chi connectivity index (χ0n) is 17.5. The summed E-state index contributed by atoms with van der Waals surface area (Å²) in [4.78, 5) is 0. The summed E-state index contributed by atoms with van der Waals surface area (Å²) in [6.07, 6.45) is 0. The Labute approximate surface area is 182 Å². The first-order chi connectivity index (χ1) is 15.3. The molecule has 0 aliphatic rings. The standard InChI is InChI=1S/C31H22/c1-21-18-19-28-29(20-21)30(23-11-3-2-4-12-23)26-15-7-8-16-27(26)31(28)25-17-9-13-22-10-5-6-14-24(22)25/h2-20H,1H3. The van der Waals surface area contributed by atoms with Gasteiger partial charge >= 0.3 is 0 Å². The first kappa shape index (κ1) is 17.9. The normalized spacial score (nSPS) is 11.4. The summed E-state index contributed by atoms with van der Waals surface area (Å²) in [6.45, 7) is 2.18. The fourth-order valence-electron chi connectivity index (χ4n) is 4.94. The van der Waals surface area contributed by atoms with E-state index in [0.717, 1.165) is 0 Å². The van der Waals surface area contributed by atoms with E-state index in [1.165, 1.54) is 60.1 Å². The van der Waals surface area contributed by atoms with Crippen molar-refractivity contribution in [2.45, 2.75) is 6.92 Å². The number of aryl methyl sites for hydroxylation is 1. The number of rotatable bonds is 2. The van der Waals surface area contributed by atoms with Gasteiger partial charge in [-0.1, -0.05) is 121 Å². The molecule has 0 fully saturated rings. The Hall–Kier alpha value is -3.90. The van der Waals surface area contributed by atoms with Gasteiger partial charge in [-0.3, -0.25) is 0 Å². The Bertz CT molecular complexity index is 1570. The third kappa shape index (κ3) is 2.84. The Balaban J connectivity index is 1.86. The van der Waals surface area contributed by atoms with Crippen LogP contribution in [0.4, 0.5) is 0 Å². The first-order valence-electron chi connectivity index (χ1n) is 10.8. The number of hydrogen-bond donors (Lipinski definition) is 0. The van der Waals surface area contributed by atoms with Crippen LogP contribution in [0.1, 0.15) is 5.56 Å². The van der Waals surface area contributed by atoms with Gasteiger partial charge in [0.15, 0.2) is 0 Å². The average molecular weight is 395 g/mol. The molecule has 0 nitrogen and oxygen atoms in total. The van der Waals surface area contributed by atoms with Gasteiger partial charge in [-0.2, -0.15) is 0 Å². The van der Waals surface area contributed by atoms with E-state index in [9.17, 15) is 0 Å². The van der Waals surface area contributed by atoms with Gasteiger partial charge in [0.25, 0.3) is 0 Å². The van der Waals surface area contributed by atoms with Crippen LogP contribution >= 0.6 is 0 Å². The van der Waals surface area contributed by atoms with Crippen molar-refractivity contribution in [1.82, 2.24) is 0 Å². The van der Waals surface area contributed by atoms with Gasteiger partial charge in [-0.25, -0.2) is 0 Å². The summed E-state index contributed by atoms with van der Waals surface area (Å²) in [7, 11) is 0. The molecule has 0 saturated heterocycles. The molecule has 0 heteroatoms. The molecule has 0 atom stereocenters. The highest BCUT2D eigenvalue weighted by Gasteiger charge is 2.17. The van der Waals surface area contributed by atoms with Crippen molar-refractivity contribution in [3.8, 4) is 22.3 Å². The SMILES string of the molecule is Cc1ccc2c(-c3cccc4ccccc34)c3ccccc3c(-c3ccccc3)c2c1. The van der Waals surface area contributed by atoms with Gasteiger partial charge in [0.05, 0.1) is 0 Å². The predicted octanol–water partition coefficient (Wildman–Crippen LogP) is 8.79. The molecule has 0 aromatic heterocycles. The molecule has 31 heavy (non-hydrogen) atoms. The minimum atomic E-state index is 1.26. The van der Waals surface area contributed by atoms with Crippen LogP contribution in [0, 0.1) is 6.92 Å². The molecule has 0 bridgehead atoms. The van der Waals surface area contributed by atoms with Gasteiger partial charge in [0.1, 0.15) is 0 Å². The smallest absolute Gasteiger partial charge is 0.00201 e. The summed E-state index contributed by atoms with van der Waals surface area (Å²) in [5.41, 5.74) is 6.48. The van der Waals surface area contributed by atoms with Crippen LogP contribution in [0.5, 0.6) is 0 Å². The lowest BCUT2D eigenvalue weighted by Gasteiger charge is -2.19. The molecular weight excluding hydrogens is 372 g/mol. The van der Waals surface area contributed by atoms with Crippen molar-refractivity contribution < 1.29 is 0 Å². The van der Waals surface area contributed by atoms with E-state index in [-0.39, 0.29) is 0 Å². The van der Waals surface area contributed by atoms with Crippen molar-refractivity contribution in [2.75, 3.05) is 0 Å². The highest BCUT2D eigenvalue weighted by atomic mass is 14.2. The zero-order valence-corrected chi connectivity index (χ0v) is 17.5. The number of benzene rings is 6. The third-order valence-electron chi connectivity index (χ3n) is 6.30. The van der Waals surface area contributed by atoms with Crippen LogP contribution in [0.2, 0.25) is 0 Å². The van der Waals surface area contributed by atoms with Gasteiger partial charge in [-0.05, 0) is 61.5 Å². The van der Waals surface area contributed by atoms with Crippen LogP contribution < -0.4 is 0 Å². The molecule has 0 saturated carbocycles. The molecule has 0 unspecified atom stereocenters. The van der Waals surface area contributed by atoms with Crippen molar-refractivity contribution >= 4 is 32.3 Å². The van der Waals surface area contributed by atoms with E-state index in [1.807, 2.05) is 0 Å². The van der Waals surface area contributed by atoms with Crippen molar-refractivity contribution in [2.24, 2.45) is 0 Å². The maximum atomic E-state index is 2.35. The molecule has 146 valence electrons. The second-order valence-corrected chi connectivity index (χ2v) is 8.24. The van der Waals surface area contributed by atoms with E-state index in [4.69, 9.17) is 0 Å². The van der Waals surface area contributed by atoms with Crippen molar-refractivity contribution in [1.29, 1.82) is 0 Å². The molecular formula is C31H22. The molecule has 0 radical (unpaired) electrons. The van der Waals surface area contributed by atoms with Crippen LogP contribution in [-0.4, -0.2) is 0 Å². The molecule has 0 heterocycles. The lowest BCUT2D eigenvalue weighted by Crippen LogP contribution is -1.92. The van der Waals surface area contributed by atoms with E-state index in [2.05, 4.69) is 122 Å². The Morgan fingerprint density at radius 2 is 1.03 bits per heavy atom. The van der Waals surface area contributed by atoms with Crippen LogP contribution in [0.3, 0.4) is 0 Å². The lowest BCUT2D eigenvalue weighted by atomic mass is 9.84. The minimum absolute atomic E-state index is 1.26. The topological polar surface area (TPSA) is 0 Å². The third-order valence-corrected chi connectivity index (χ3v) is 6.30. The molecule has 0 aliphatic heterocycles. The lowest BCUT2D eigenvalue weighted by molar-refractivity contribution is 1.51. The fourth-order valence-corrected chi connectivity index (χ4v) is 4.94. The molecule has 6 aromatic carbocycles. The minimum Gasteiger partial charge on any atom is -0.0622 e. The van der Waals surface area contributed by atoms with E-state index in [1.54, 1.807) is 0 Å². The van der Waals surface area contributed by atoms with Gasteiger partial charge in [0.2, 0.25) is 0 Å². The number of hydrogen-bond acceptors (Lipinski definition) is 0. The van der Waals surface area contributed by atoms with Crippen LogP contribution in [0.25, 0.3) is 54.6 Å². The molecule has 6 aromatic rings. The van der Waals surface area contributed by atoms with Crippen LogP contribution in [-0.2, 0) is 0 Å². The molecule has 6 rings (SSSR count). The maximum Gasteiger partial charge on any atom is -0.00201 e. The zero-order chi connectivity index (χ0) is 20.8. The average Bonchev–Trinajstić information content (AvgIpc) is 2.83. The van der Waals surface area contributed by atoms with E-state index in [0.29, 0.717) is 0 Å². The molecule has 0 N–H and O–H groups in total. The largest absolute Gasteiger partial charge is 0.0622 e. The summed E-state index contributed by atoms with van der Waals surface area (Å²) in [5.74, 6) is 0. The van der Waals surface area contributed by atoms with Crippen molar-refractivity contribution in [3.05, 3.63) is 121 Å². The van der Waals surface area contributed by atoms with Gasteiger partial charge in [0, 0.05) is 0 Å². The Morgan fingerprint density at radius 3 is 1.84 bits per heavy atom. The summed E-state index contributed by atoms with van der Waals surface area (Å²) in [6, 6.07) is 41.9. The maximum absolute atomic E-state index is 2.35. The Morgan fingerprint density at radius 1 is 0.419 bits per heavy atom. The Kier molecular flexibility index (Phi) is 4.11. The summed E-state index contributed by atoms with van der Waals surface area (Å²) < 4.78 is 0. The fraction of sp³-hybridized carbons (Fsp3) is 0.0323. The van der Waals surface area contributed by atoms with Gasteiger partial charge < -0.3 is 0 Å². The van der Waals surface area contributed by atoms with Gasteiger partial charge in [-0.15, -0.1) is 0 Å². The second-order valence-electron chi connectivity index (χ2n) is 8.24. The molecule has 0 spiro atoms. The quantitative estimate of drug-likeness (QED) is 0.257. The second kappa shape index (κ2) is 7.11. The van der Waals surface area contributed by atoms with Crippen LogP contribution in [0.15, 0.2) is 115 Å². The molecule has 0 amide bonds. The first-order valence-corrected chi connectivity index (χ1v) is 10.8. The van der Waals surface area contributed by atoms with E-state index < -0.39 is 0 Å².